The topological polar surface area (TPSA) is 70.8 Å². The second-order valence-corrected chi connectivity index (χ2v) is 4.71. The van der Waals surface area contributed by atoms with Crippen molar-refractivity contribution in [3.05, 3.63) is 47.4 Å². The summed E-state index contributed by atoms with van der Waals surface area (Å²) >= 11 is 0. The normalized spacial score (nSPS) is 10.9. The van der Waals surface area contributed by atoms with Gasteiger partial charge in [-0.3, -0.25) is 0 Å². The zero-order valence-corrected chi connectivity index (χ0v) is 11.5. The molecule has 0 aliphatic carbocycles. The fourth-order valence-electron chi connectivity index (χ4n) is 2.16. The Kier molecular flexibility index (Phi) is 2.78. The lowest BCUT2D eigenvalue weighted by Gasteiger charge is -2.03. The molecule has 0 aliphatic heterocycles. The molecular weight excluding hydrogens is 256 g/mol. The zero-order valence-electron chi connectivity index (χ0n) is 11.5. The SMILES string of the molecule is Cc1cc(C)n(-c2ccc(-[n+]3noc([O-])c3C)cc2)n1. The smallest absolute Gasteiger partial charge is 0.239 e. The van der Waals surface area contributed by atoms with Crippen molar-refractivity contribution in [1.29, 1.82) is 0 Å². The van der Waals surface area contributed by atoms with E-state index in [1.54, 1.807) is 6.92 Å². The molecule has 6 nitrogen and oxygen atoms in total. The van der Waals surface area contributed by atoms with E-state index in [0.717, 1.165) is 22.8 Å². The highest BCUT2D eigenvalue weighted by Gasteiger charge is 2.15. The van der Waals surface area contributed by atoms with Crippen molar-refractivity contribution in [2.75, 3.05) is 0 Å². The van der Waals surface area contributed by atoms with Gasteiger partial charge in [0, 0.05) is 24.8 Å². The van der Waals surface area contributed by atoms with Gasteiger partial charge in [-0.1, -0.05) is 0 Å². The Labute approximate surface area is 115 Å². The third-order valence-electron chi connectivity index (χ3n) is 3.17. The maximum absolute atomic E-state index is 11.3. The van der Waals surface area contributed by atoms with E-state index in [0.29, 0.717) is 5.69 Å². The fourth-order valence-corrected chi connectivity index (χ4v) is 2.16. The number of aromatic nitrogens is 4. The van der Waals surface area contributed by atoms with Crippen LogP contribution in [0.15, 0.2) is 34.9 Å². The third-order valence-corrected chi connectivity index (χ3v) is 3.17. The van der Waals surface area contributed by atoms with Gasteiger partial charge in [-0.05, 0) is 36.7 Å². The summed E-state index contributed by atoms with van der Waals surface area (Å²) in [6.45, 7) is 5.64. The summed E-state index contributed by atoms with van der Waals surface area (Å²) in [5, 5.41) is 19.4. The molecule has 0 N–H and O–H groups in total. The number of hydrogen-bond donors (Lipinski definition) is 0. The first-order valence-electron chi connectivity index (χ1n) is 6.26. The van der Waals surface area contributed by atoms with Crippen LogP contribution in [0.4, 0.5) is 0 Å². The molecule has 6 heteroatoms. The molecular formula is C14H14N4O2. The van der Waals surface area contributed by atoms with Gasteiger partial charge in [-0.25, -0.2) is 4.68 Å². The van der Waals surface area contributed by atoms with Gasteiger partial charge in [-0.15, -0.1) is 0 Å². The molecule has 0 saturated heterocycles. The molecule has 0 radical (unpaired) electrons. The average molecular weight is 270 g/mol. The number of aryl methyl sites for hydroxylation is 2. The van der Waals surface area contributed by atoms with E-state index in [1.165, 1.54) is 4.68 Å². The Hall–Kier alpha value is -2.63. The van der Waals surface area contributed by atoms with Crippen molar-refractivity contribution in [2.24, 2.45) is 0 Å². The van der Waals surface area contributed by atoms with E-state index >= 15 is 0 Å². The molecule has 2 aromatic heterocycles. The molecule has 1 aromatic carbocycles. The first-order chi connectivity index (χ1) is 9.56. The van der Waals surface area contributed by atoms with E-state index in [-0.39, 0.29) is 0 Å². The largest absolute Gasteiger partial charge is 0.539 e. The molecule has 0 fully saturated rings. The average Bonchev–Trinajstić information content (AvgIpc) is 2.94. The summed E-state index contributed by atoms with van der Waals surface area (Å²) in [6, 6.07) is 9.64. The number of benzene rings is 1. The van der Waals surface area contributed by atoms with Crippen molar-refractivity contribution in [3.63, 3.8) is 0 Å². The van der Waals surface area contributed by atoms with Crippen LogP contribution in [0.5, 0.6) is 5.95 Å². The molecule has 3 aromatic rings. The van der Waals surface area contributed by atoms with Crippen molar-refractivity contribution in [1.82, 2.24) is 15.1 Å². The summed E-state index contributed by atoms with van der Waals surface area (Å²) in [5.41, 5.74) is 4.23. The zero-order chi connectivity index (χ0) is 14.3. The molecule has 0 amide bonds. The molecule has 102 valence electrons. The Morgan fingerprint density at radius 3 is 2.35 bits per heavy atom. The monoisotopic (exact) mass is 270 g/mol. The van der Waals surface area contributed by atoms with Gasteiger partial charge >= 0.3 is 0 Å². The highest BCUT2D eigenvalue weighted by Crippen LogP contribution is 2.14. The molecule has 0 spiro atoms. The molecule has 0 unspecified atom stereocenters. The van der Waals surface area contributed by atoms with Crippen LogP contribution >= 0.6 is 0 Å². The Morgan fingerprint density at radius 1 is 1.15 bits per heavy atom. The van der Waals surface area contributed by atoms with E-state index in [1.807, 2.05) is 48.9 Å². The summed E-state index contributed by atoms with van der Waals surface area (Å²) in [5.74, 6) is -0.423. The number of nitrogens with zero attached hydrogens (tertiary/aromatic N) is 4. The predicted octanol–water partition coefficient (Wildman–Crippen LogP) is 1.14. The second kappa shape index (κ2) is 4.48. The molecule has 0 saturated carbocycles. The maximum atomic E-state index is 11.3. The molecule has 20 heavy (non-hydrogen) atoms. The van der Waals surface area contributed by atoms with Crippen LogP contribution in [0.3, 0.4) is 0 Å². The molecule has 0 bridgehead atoms. The van der Waals surface area contributed by atoms with Gasteiger partial charge in [0.15, 0.2) is 5.95 Å². The van der Waals surface area contributed by atoms with Crippen LogP contribution in [0, 0.1) is 20.8 Å². The summed E-state index contributed by atoms with van der Waals surface area (Å²) in [4.78, 5) is 0. The standard InChI is InChI=1S/C14H14N4O2/c1-9-8-10(2)17(15-9)12-4-6-13(7-5-12)18-11(3)14(19)20-16-18/h4-8H,1-3H3. The minimum atomic E-state index is -0.423. The highest BCUT2D eigenvalue weighted by molar-refractivity contribution is 5.38. The Morgan fingerprint density at radius 2 is 1.85 bits per heavy atom. The predicted molar refractivity (Wildman–Crippen MR) is 68.8 cm³/mol. The van der Waals surface area contributed by atoms with E-state index in [2.05, 4.69) is 14.9 Å². The van der Waals surface area contributed by atoms with Crippen LogP contribution in [-0.4, -0.2) is 15.1 Å². The van der Waals surface area contributed by atoms with Crippen LogP contribution in [0.1, 0.15) is 17.1 Å². The van der Waals surface area contributed by atoms with Gasteiger partial charge in [0.2, 0.25) is 11.4 Å². The van der Waals surface area contributed by atoms with Gasteiger partial charge in [0.25, 0.3) is 0 Å². The third kappa shape index (κ3) is 1.95. The van der Waals surface area contributed by atoms with E-state index in [4.69, 9.17) is 0 Å². The minimum absolute atomic E-state index is 0.423. The number of rotatable bonds is 2. The van der Waals surface area contributed by atoms with Gasteiger partial charge < -0.3 is 9.63 Å². The van der Waals surface area contributed by atoms with Crippen molar-refractivity contribution in [2.45, 2.75) is 20.8 Å². The van der Waals surface area contributed by atoms with Crippen LogP contribution < -0.4 is 9.79 Å². The van der Waals surface area contributed by atoms with E-state index < -0.39 is 5.95 Å². The lowest BCUT2D eigenvalue weighted by atomic mass is 10.2. The quantitative estimate of drug-likeness (QED) is 0.655. The fraction of sp³-hybridized carbons (Fsp3) is 0.214. The Balaban J connectivity index is 2.00. The molecule has 0 aliphatic rings. The van der Waals surface area contributed by atoms with Gasteiger partial charge in [0.1, 0.15) is 0 Å². The Bertz CT molecular complexity index is 735. The molecule has 3 rings (SSSR count). The molecule has 0 atom stereocenters. The van der Waals surface area contributed by atoms with Crippen molar-refractivity contribution in [3.8, 4) is 17.3 Å². The minimum Gasteiger partial charge on any atom is -0.539 e. The van der Waals surface area contributed by atoms with Gasteiger partial charge in [-0.2, -0.15) is 5.10 Å². The second-order valence-electron chi connectivity index (χ2n) is 4.71. The van der Waals surface area contributed by atoms with Crippen LogP contribution in [-0.2, 0) is 0 Å². The lowest BCUT2D eigenvalue weighted by Crippen LogP contribution is -2.35. The van der Waals surface area contributed by atoms with Crippen molar-refractivity contribution >= 4 is 0 Å². The van der Waals surface area contributed by atoms with E-state index in [9.17, 15) is 5.11 Å². The van der Waals surface area contributed by atoms with Crippen LogP contribution in [0.25, 0.3) is 11.4 Å². The maximum Gasteiger partial charge on any atom is 0.239 e. The van der Waals surface area contributed by atoms with Gasteiger partial charge in [0.05, 0.1) is 16.7 Å². The first-order valence-corrected chi connectivity index (χ1v) is 6.26. The summed E-state index contributed by atoms with van der Waals surface area (Å²) in [7, 11) is 0. The van der Waals surface area contributed by atoms with Crippen molar-refractivity contribution < 1.29 is 14.3 Å². The number of hydrogen-bond acceptors (Lipinski definition) is 4. The lowest BCUT2D eigenvalue weighted by molar-refractivity contribution is -0.676. The van der Waals surface area contributed by atoms with Crippen LogP contribution in [0.2, 0.25) is 0 Å². The summed E-state index contributed by atoms with van der Waals surface area (Å²) < 4.78 is 7.98. The first kappa shape index (κ1) is 12.4. The highest BCUT2D eigenvalue weighted by atomic mass is 16.6. The summed E-state index contributed by atoms with van der Waals surface area (Å²) in [6.07, 6.45) is 0. The molecule has 2 heterocycles.